The Bertz CT molecular complexity index is 1210. The van der Waals surface area contributed by atoms with Gasteiger partial charge in [0, 0.05) is 31.5 Å². The van der Waals surface area contributed by atoms with E-state index in [-0.39, 0.29) is 24.2 Å². The van der Waals surface area contributed by atoms with E-state index in [4.69, 9.17) is 19.6 Å². The molecule has 0 saturated heterocycles. The van der Waals surface area contributed by atoms with Gasteiger partial charge in [-0.1, -0.05) is 12.1 Å². The highest BCUT2D eigenvalue weighted by Crippen LogP contribution is 2.25. The second-order valence-corrected chi connectivity index (χ2v) is 6.90. The Balaban J connectivity index is 1.38. The predicted octanol–water partition coefficient (Wildman–Crippen LogP) is 3.06. The minimum Gasteiger partial charge on any atom is -0.497 e. The quantitative estimate of drug-likeness (QED) is 0.486. The van der Waals surface area contributed by atoms with Crippen molar-refractivity contribution in [1.29, 1.82) is 0 Å². The number of hydrogen-bond donors (Lipinski definition) is 1. The number of nitrogens with two attached hydrogens (primary N) is 1. The summed E-state index contributed by atoms with van der Waals surface area (Å²) in [7, 11) is 3.29. The van der Waals surface area contributed by atoms with Crippen LogP contribution in [0.2, 0.25) is 0 Å². The monoisotopic (exact) mass is 419 g/mol. The van der Waals surface area contributed by atoms with Crippen molar-refractivity contribution in [3.63, 3.8) is 0 Å². The SMILES string of the molecule is COc1ccc2ccc(OCc3nc(C(=O)N(C)Cc4cnc(N)nc4)co3)cc2c1. The van der Waals surface area contributed by atoms with E-state index in [1.807, 2.05) is 36.4 Å². The highest BCUT2D eigenvalue weighted by atomic mass is 16.5. The molecule has 2 heterocycles. The molecule has 2 N–H and O–H groups in total. The van der Waals surface area contributed by atoms with Crippen LogP contribution in [0, 0.1) is 0 Å². The Morgan fingerprint density at radius 3 is 2.55 bits per heavy atom. The highest BCUT2D eigenvalue weighted by molar-refractivity contribution is 5.91. The van der Waals surface area contributed by atoms with E-state index < -0.39 is 0 Å². The third-order valence-corrected chi connectivity index (χ3v) is 4.64. The van der Waals surface area contributed by atoms with Crippen LogP contribution in [0.15, 0.2) is 59.5 Å². The zero-order valence-corrected chi connectivity index (χ0v) is 17.1. The van der Waals surface area contributed by atoms with Gasteiger partial charge in [0.15, 0.2) is 12.3 Å². The number of benzene rings is 2. The zero-order valence-electron chi connectivity index (χ0n) is 17.1. The fourth-order valence-corrected chi connectivity index (χ4v) is 3.03. The van der Waals surface area contributed by atoms with Crippen LogP contribution >= 0.6 is 0 Å². The molecule has 158 valence electrons. The summed E-state index contributed by atoms with van der Waals surface area (Å²) in [6.07, 6.45) is 4.48. The van der Waals surface area contributed by atoms with E-state index in [9.17, 15) is 4.79 Å². The highest BCUT2D eigenvalue weighted by Gasteiger charge is 2.17. The predicted molar refractivity (Wildman–Crippen MR) is 114 cm³/mol. The van der Waals surface area contributed by atoms with Crippen molar-refractivity contribution in [2.24, 2.45) is 0 Å². The number of rotatable bonds is 7. The van der Waals surface area contributed by atoms with Gasteiger partial charge < -0.3 is 24.5 Å². The Labute approximate surface area is 178 Å². The summed E-state index contributed by atoms with van der Waals surface area (Å²) in [6, 6.07) is 11.6. The van der Waals surface area contributed by atoms with Crippen LogP contribution in [-0.4, -0.2) is 39.9 Å². The Hall–Kier alpha value is -4.14. The van der Waals surface area contributed by atoms with E-state index in [1.165, 1.54) is 11.2 Å². The third kappa shape index (κ3) is 4.72. The number of aromatic nitrogens is 3. The summed E-state index contributed by atoms with van der Waals surface area (Å²) in [6.45, 7) is 0.413. The topological polar surface area (TPSA) is 117 Å². The Morgan fingerprint density at radius 2 is 1.81 bits per heavy atom. The van der Waals surface area contributed by atoms with Crippen LogP contribution < -0.4 is 15.2 Å². The molecule has 0 saturated carbocycles. The summed E-state index contributed by atoms with van der Waals surface area (Å²) in [5, 5.41) is 2.07. The molecule has 0 fully saturated rings. The first-order valence-electron chi connectivity index (χ1n) is 9.48. The molecule has 0 aliphatic carbocycles. The number of ether oxygens (including phenoxy) is 2. The number of fused-ring (bicyclic) bond motifs is 1. The number of methoxy groups -OCH3 is 1. The van der Waals surface area contributed by atoms with Gasteiger partial charge in [-0.05, 0) is 35.0 Å². The number of carbonyl (C=O) groups excluding carboxylic acids is 1. The minimum absolute atomic E-state index is 0.0955. The van der Waals surface area contributed by atoms with Crippen LogP contribution in [0.25, 0.3) is 10.8 Å². The largest absolute Gasteiger partial charge is 0.497 e. The first kappa shape index (κ1) is 20.1. The standard InChI is InChI=1S/C22H21N5O4/c1-27(11-14-9-24-22(23)25-10-14)21(28)19-12-31-20(26-19)13-30-18-6-4-15-3-5-17(29-2)7-16(15)8-18/h3-10,12H,11,13H2,1-2H3,(H2,23,24,25). The van der Waals surface area contributed by atoms with Crippen molar-refractivity contribution < 1.29 is 18.7 Å². The molecule has 0 aliphatic heterocycles. The fraction of sp³-hybridized carbons (Fsp3) is 0.182. The minimum atomic E-state index is -0.287. The number of amides is 1. The third-order valence-electron chi connectivity index (χ3n) is 4.64. The lowest BCUT2D eigenvalue weighted by atomic mass is 10.1. The van der Waals surface area contributed by atoms with Gasteiger partial charge in [-0.3, -0.25) is 4.79 Å². The van der Waals surface area contributed by atoms with E-state index in [0.29, 0.717) is 18.2 Å². The second-order valence-electron chi connectivity index (χ2n) is 6.90. The maximum Gasteiger partial charge on any atom is 0.275 e. The summed E-state index contributed by atoms with van der Waals surface area (Å²) in [4.78, 5) is 26.2. The van der Waals surface area contributed by atoms with Crippen molar-refractivity contribution >= 4 is 22.6 Å². The van der Waals surface area contributed by atoms with Crippen molar-refractivity contribution in [3.8, 4) is 11.5 Å². The van der Waals surface area contributed by atoms with Gasteiger partial charge in [0.25, 0.3) is 5.91 Å². The van der Waals surface area contributed by atoms with Crippen LogP contribution in [0.5, 0.6) is 11.5 Å². The number of hydrogen-bond acceptors (Lipinski definition) is 8. The van der Waals surface area contributed by atoms with Crippen LogP contribution in [0.4, 0.5) is 5.95 Å². The molecule has 31 heavy (non-hydrogen) atoms. The van der Waals surface area contributed by atoms with Crippen LogP contribution in [0.3, 0.4) is 0 Å². The number of oxazole rings is 1. The van der Waals surface area contributed by atoms with E-state index in [1.54, 1.807) is 26.6 Å². The van der Waals surface area contributed by atoms with E-state index >= 15 is 0 Å². The molecule has 4 aromatic rings. The van der Waals surface area contributed by atoms with Crippen molar-refractivity contribution in [2.45, 2.75) is 13.2 Å². The van der Waals surface area contributed by atoms with E-state index in [2.05, 4.69) is 15.0 Å². The maximum absolute atomic E-state index is 12.6. The molecule has 0 aliphatic rings. The van der Waals surface area contributed by atoms with Gasteiger partial charge in [-0.15, -0.1) is 0 Å². The molecule has 1 amide bonds. The number of nitrogens with zero attached hydrogens (tertiary/aromatic N) is 4. The summed E-state index contributed by atoms with van der Waals surface area (Å²) >= 11 is 0. The van der Waals surface area contributed by atoms with Gasteiger partial charge in [-0.2, -0.15) is 0 Å². The smallest absolute Gasteiger partial charge is 0.275 e. The van der Waals surface area contributed by atoms with Gasteiger partial charge in [-0.25, -0.2) is 15.0 Å². The average Bonchev–Trinajstić information content (AvgIpc) is 3.27. The van der Waals surface area contributed by atoms with Gasteiger partial charge in [0.1, 0.15) is 17.8 Å². The summed E-state index contributed by atoms with van der Waals surface area (Å²) < 4.78 is 16.5. The van der Waals surface area contributed by atoms with Crippen LogP contribution in [0.1, 0.15) is 21.9 Å². The first-order chi connectivity index (χ1) is 15.0. The molecule has 0 radical (unpaired) electrons. The van der Waals surface area contributed by atoms with Crippen molar-refractivity contribution in [1.82, 2.24) is 19.9 Å². The lowest BCUT2D eigenvalue weighted by Gasteiger charge is -2.15. The van der Waals surface area contributed by atoms with Gasteiger partial charge in [0.2, 0.25) is 11.8 Å². The van der Waals surface area contributed by atoms with Crippen molar-refractivity contribution in [2.75, 3.05) is 19.9 Å². The van der Waals surface area contributed by atoms with Gasteiger partial charge >= 0.3 is 0 Å². The molecular formula is C22H21N5O4. The molecule has 4 rings (SSSR count). The number of carbonyl (C=O) groups is 1. The molecule has 0 atom stereocenters. The molecule has 0 spiro atoms. The molecule has 9 heteroatoms. The molecule has 0 bridgehead atoms. The molecule has 2 aromatic carbocycles. The molecule has 2 aromatic heterocycles. The maximum atomic E-state index is 12.6. The Kier molecular flexibility index (Phi) is 5.65. The van der Waals surface area contributed by atoms with Crippen LogP contribution in [-0.2, 0) is 13.2 Å². The average molecular weight is 419 g/mol. The molecule has 9 nitrogen and oxygen atoms in total. The summed E-state index contributed by atoms with van der Waals surface area (Å²) in [5.41, 5.74) is 6.43. The number of anilines is 1. The second kappa shape index (κ2) is 8.70. The summed E-state index contributed by atoms with van der Waals surface area (Å²) in [5.74, 6) is 1.63. The lowest BCUT2D eigenvalue weighted by Crippen LogP contribution is -2.26. The van der Waals surface area contributed by atoms with E-state index in [0.717, 1.165) is 22.1 Å². The molecular weight excluding hydrogens is 398 g/mol. The van der Waals surface area contributed by atoms with Gasteiger partial charge in [0.05, 0.1) is 7.11 Å². The lowest BCUT2D eigenvalue weighted by molar-refractivity contribution is 0.0779. The first-order valence-corrected chi connectivity index (χ1v) is 9.48. The molecule has 0 unspecified atom stereocenters. The normalized spacial score (nSPS) is 10.8. The zero-order chi connectivity index (χ0) is 21.8. The fourth-order valence-electron chi connectivity index (χ4n) is 3.03. The Morgan fingerprint density at radius 1 is 1.10 bits per heavy atom. The number of nitrogen functional groups attached to an aromatic ring is 1. The van der Waals surface area contributed by atoms with Crippen molar-refractivity contribution in [3.05, 3.63) is 72.2 Å².